The molecule has 29 heteroatoms. The first-order valence-electron chi connectivity index (χ1n) is 37.6. The number of aryl methyl sites for hydroxylation is 3. The number of aromatic hydroxyl groups is 1. The van der Waals surface area contributed by atoms with E-state index in [1.165, 1.54) is 6.07 Å². The lowest BCUT2D eigenvalue weighted by Gasteiger charge is -2.24. The van der Waals surface area contributed by atoms with Crippen LogP contribution in [0.5, 0.6) is 17.2 Å². The molecule has 0 bridgehead atoms. The van der Waals surface area contributed by atoms with Crippen LogP contribution >= 0.6 is 50.7 Å². The molecule has 25 nitrogen and oxygen atoms in total. The Balaban J connectivity index is 0.000000426. The van der Waals surface area contributed by atoms with Crippen LogP contribution < -0.4 is 47.1 Å². The van der Waals surface area contributed by atoms with E-state index in [9.17, 15) is 57.8 Å². The van der Waals surface area contributed by atoms with Gasteiger partial charge < -0.3 is 71.2 Å². The van der Waals surface area contributed by atoms with Crippen molar-refractivity contribution in [3.63, 3.8) is 0 Å². The molecular weight excluding hydrogens is 1590 g/mol. The molecule has 0 aliphatic heterocycles. The van der Waals surface area contributed by atoms with Gasteiger partial charge in [0.15, 0.2) is 24.8 Å². The molecule has 0 saturated heterocycles. The van der Waals surface area contributed by atoms with Gasteiger partial charge in [0.05, 0.1) is 31.3 Å². The van der Waals surface area contributed by atoms with Gasteiger partial charge in [-0.25, -0.2) is 14.4 Å². The molecule has 0 radical (unpaired) electrons. The van der Waals surface area contributed by atoms with Gasteiger partial charge in [0.2, 0.25) is 17.7 Å². The highest BCUT2D eigenvalue weighted by atomic mass is 79.9. The lowest BCUT2D eigenvalue weighted by atomic mass is 9.95. The van der Waals surface area contributed by atoms with Crippen molar-refractivity contribution in [1.82, 2.24) is 31.9 Å². The average Bonchev–Trinajstić information content (AvgIpc) is 0.782. The third-order valence-corrected chi connectivity index (χ3v) is 17.6. The van der Waals surface area contributed by atoms with Crippen molar-refractivity contribution in [2.75, 3.05) is 38.3 Å². The summed E-state index contributed by atoms with van der Waals surface area (Å²) in [5.41, 5.74) is 9.50. The summed E-state index contributed by atoms with van der Waals surface area (Å²) in [5, 5.41) is 27.9. The van der Waals surface area contributed by atoms with Crippen molar-refractivity contribution < 1.29 is 86.3 Å². The first kappa shape index (κ1) is 98.6. The molecule has 0 spiro atoms. The number of amides is 6. The fourth-order valence-electron chi connectivity index (χ4n) is 10.5. The highest BCUT2D eigenvalue weighted by Crippen LogP contribution is 2.27. The number of alkyl carbamates (subject to hydrolysis) is 2. The Kier molecular flexibility index (Phi) is 45.6. The summed E-state index contributed by atoms with van der Waals surface area (Å²) in [4.78, 5) is 135. The molecule has 6 aromatic carbocycles. The minimum Gasteiger partial charge on any atom is -0.508 e. The molecule has 6 rings (SSSR count). The van der Waals surface area contributed by atoms with Crippen LogP contribution in [0.25, 0.3) is 0 Å². The highest BCUT2D eigenvalue weighted by molar-refractivity contribution is 9.09. The Morgan fingerprint density at radius 1 is 0.456 bits per heavy atom. The van der Waals surface area contributed by atoms with Crippen molar-refractivity contribution in [2.24, 2.45) is 23.5 Å². The molecule has 622 valence electrons. The first-order chi connectivity index (χ1) is 53.9. The lowest BCUT2D eigenvalue weighted by molar-refractivity contribution is -0.145. The van der Waals surface area contributed by atoms with Crippen molar-refractivity contribution >= 4 is 116 Å². The van der Waals surface area contributed by atoms with Crippen LogP contribution in [0.3, 0.4) is 0 Å². The Morgan fingerprint density at radius 3 is 1.18 bits per heavy atom. The van der Waals surface area contributed by atoms with Gasteiger partial charge in [-0.15, -0.1) is 0 Å². The van der Waals surface area contributed by atoms with Crippen LogP contribution in [0.1, 0.15) is 155 Å². The van der Waals surface area contributed by atoms with Crippen molar-refractivity contribution in [2.45, 2.75) is 190 Å². The molecule has 0 saturated carbocycles. The molecule has 6 aromatic rings. The predicted molar refractivity (Wildman–Crippen MR) is 443 cm³/mol. The van der Waals surface area contributed by atoms with Crippen LogP contribution in [-0.2, 0) is 101 Å². The number of carbonyl (C=O) groups excluding carboxylic acids is 11. The lowest BCUT2D eigenvalue weighted by Crippen LogP contribution is -2.44. The maximum atomic E-state index is 13.2. The molecule has 0 heterocycles. The smallest absolute Gasteiger partial charge is 0.408 e. The van der Waals surface area contributed by atoms with E-state index < -0.39 is 65.2 Å². The topological polar surface area (TPSA) is 362 Å². The number of hydrogen-bond acceptors (Lipinski definition) is 19. The van der Waals surface area contributed by atoms with Crippen LogP contribution in [0, 0.1) is 17.8 Å². The largest absolute Gasteiger partial charge is 0.508 e. The van der Waals surface area contributed by atoms with E-state index in [-0.39, 0.29) is 111 Å². The number of esters is 2. The molecule has 9 N–H and O–H groups in total. The molecule has 0 aliphatic rings. The number of phenolic OH excluding ortho intramolecular Hbond substituents is 1. The maximum absolute atomic E-state index is 13.2. The summed E-state index contributed by atoms with van der Waals surface area (Å²) in [5.74, 6) is -3.56. The number of alkyl halides is 1. The van der Waals surface area contributed by atoms with E-state index in [4.69, 9.17) is 64.2 Å². The van der Waals surface area contributed by atoms with Gasteiger partial charge in [-0.2, -0.15) is 0 Å². The zero-order chi connectivity index (χ0) is 84.9. The number of Topliss-reactive ketones (excluding diaryl/α,β-unsaturated/α-hetero) is 3. The van der Waals surface area contributed by atoms with Gasteiger partial charge in [-0.1, -0.05) is 162 Å². The summed E-state index contributed by atoms with van der Waals surface area (Å²) in [6.07, 6.45) is 1.71. The Labute approximate surface area is 692 Å². The van der Waals surface area contributed by atoms with Gasteiger partial charge in [0, 0.05) is 95.0 Å². The number of carbonyl (C=O) groups is 11. The standard InChI is InChI=1S/C30H39ClN2O7.C26H33ClN2O5.C25H32ClN3O4.C4H7BrO2/c1-6-38-27(35)19-39-26-15-13-23(31)17-22(26)18-32-28(36)20(2)16-25(34)24(33-29(37)40-30(3,4)5)14-12-21-10-8-7-9-11-21;1-17(24(32)28-16-19-15-20(27)11-13-22(19)30)14-23(31)21(29-25(33)34-26(2,3)4)12-10-18-8-6-5-7-9-18;1-3-28-24(31)16-33-23-12-10-20(26)14-19(23)15-29-25(32)17(2)13-22(30)21(27)11-9-18-7-5-4-6-8-18;1-2-7-4(6)3-5/h7-11,13,15,17,20,24H,6,12,14,16,18-19H2,1-5H3,(H,32,36)(H,33,37);5-9,11,13,15,17,21,30H,10,12,14,16H2,1-4H3,(H,28,32)(H,29,33);4-8,10,12,14,17,21H,3,9,11,13,15-16,27H2,1-2H3,(H,28,31)(H,29,32);2-3H2,1H3/t20-,24-;2*17-,21-;/m111./s1. The molecule has 6 atom stereocenters. The average molecular weight is 1710 g/mol. The van der Waals surface area contributed by atoms with Gasteiger partial charge in [-0.05, 0) is 172 Å². The molecule has 0 aromatic heterocycles. The minimum atomic E-state index is -0.818. The number of ketones is 3. The van der Waals surface area contributed by atoms with Gasteiger partial charge in [0.1, 0.15) is 39.6 Å². The van der Waals surface area contributed by atoms with Gasteiger partial charge in [0.25, 0.3) is 5.91 Å². The summed E-state index contributed by atoms with van der Waals surface area (Å²) < 4.78 is 31.1. The Morgan fingerprint density at radius 2 is 0.807 bits per heavy atom. The molecule has 0 fully saturated rings. The normalized spacial score (nSPS) is 12.4. The van der Waals surface area contributed by atoms with Crippen LogP contribution in [-0.4, -0.2) is 138 Å². The molecular formula is C85H111BrCl3N7O18. The molecule has 0 unspecified atom stereocenters. The van der Waals surface area contributed by atoms with Crippen molar-refractivity contribution in [1.29, 1.82) is 0 Å². The summed E-state index contributed by atoms with van der Waals surface area (Å²) in [6, 6.07) is 41.3. The number of nitrogens with one attached hydrogen (secondary N) is 6. The fraction of sp³-hybridized carbons (Fsp3) is 0.447. The van der Waals surface area contributed by atoms with E-state index >= 15 is 0 Å². The summed E-state index contributed by atoms with van der Waals surface area (Å²) >= 11 is 21.1. The number of rotatable bonds is 39. The first-order valence-corrected chi connectivity index (χ1v) is 39.9. The van der Waals surface area contributed by atoms with Crippen molar-refractivity contribution in [3.05, 3.63) is 194 Å². The van der Waals surface area contributed by atoms with Crippen molar-refractivity contribution in [3.8, 4) is 17.2 Å². The second-order valence-corrected chi connectivity index (χ2v) is 30.4. The third-order valence-electron chi connectivity index (χ3n) is 16.4. The molecule has 6 amide bonds. The zero-order valence-electron chi connectivity index (χ0n) is 67.0. The van der Waals surface area contributed by atoms with E-state index in [2.05, 4.69) is 52.6 Å². The third kappa shape index (κ3) is 42.0. The van der Waals surface area contributed by atoms with Crippen LogP contribution in [0.4, 0.5) is 9.59 Å². The summed E-state index contributed by atoms with van der Waals surface area (Å²) in [7, 11) is 0. The number of hydrogen-bond donors (Lipinski definition) is 8. The molecule has 0 aliphatic carbocycles. The Hall–Kier alpha value is -9.60. The van der Waals surface area contributed by atoms with E-state index in [1.807, 2.05) is 97.9 Å². The fourth-order valence-corrected chi connectivity index (χ4v) is 11.3. The van der Waals surface area contributed by atoms with Crippen LogP contribution in [0.15, 0.2) is 146 Å². The van der Waals surface area contributed by atoms with E-state index in [0.717, 1.165) is 16.7 Å². The number of phenols is 1. The zero-order valence-corrected chi connectivity index (χ0v) is 70.9. The second-order valence-electron chi connectivity index (χ2n) is 28.5. The van der Waals surface area contributed by atoms with Gasteiger partial charge >= 0.3 is 24.1 Å². The Bertz CT molecular complexity index is 4040. The number of ether oxygens (including phenoxy) is 6. The van der Waals surface area contributed by atoms with E-state index in [0.29, 0.717) is 100 Å². The number of likely N-dealkylation sites (N-methyl/N-ethyl adjacent to an activating group) is 1. The van der Waals surface area contributed by atoms with Crippen LogP contribution in [0.2, 0.25) is 15.1 Å². The number of benzene rings is 6. The molecule has 114 heavy (non-hydrogen) atoms. The number of nitrogens with two attached hydrogens (primary N) is 1. The monoisotopic (exact) mass is 1700 g/mol. The predicted octanol–water partition coefficient (Wildman–Crippen LogP) is 13.8. The highest BCUT2D eigenvalue weighted by Gasteiger charge is 2.30. The minimum absolute atomic E-state index is 0.0240. The summed E-state index contributed by atoms with van der Waals surface area (Å²) in [6.45, 7) is 21.9. The number of halogens is 4. The van der Waals surface area contributed by atoms with Gasteiger partial charge in [-0.3, -0.25) is 38.4 Å². The second kappa shape index (κ2) is 52.7. The quantitative estimate of drug-likeness (QED) is 0.0101. The maximum Gasteiger partial charge on any atom is 0.408 e. The van der Waals surface area contributed by atoms with E-state index in [1.54, 1.807) is 125 Å². The SMILES string of the molecule is CCNC(=O)COc1ccc(Cl)cc1CNC(=O)[C@H](C)CC(=O)[C@H](N)CCc1ccccc1.CCOC(=O)CBr.CCOC(=O)COc1ccc(Cl)cc1CNC(=O)[C@H](C)CC(=O)[C@@H](CCc1ccccc1)NC(=O)OC(C)(C)C.C[C@H](CC(=O)[C@@H](CCc1ccccc1)NC(=O)OC(C)(C)C)C(=O)NCc1cc(Cl)ccc1O.